The monoisotopic (exact) mass is 313 g/mol. The fourth-order valence-corrected chi connectivity index (χ4v) is 2.81. The van der Waals surface area contributed by atoms with E-state index < -0.39 is 0 Å². The predicted molar refractivity (Wildman–Crippen MR) is 75.9 cm³/mol. The van der Waals surface area contributed by atoms with E-state index >= 15 is 0 Å². The lowest BCUT2D eigenvalue weighted by Crippen LogP contribution is -2.52. The molecule has 1 aromatic rings. The first-order valence-corrected chi connectivity index (χ1v) is 7.15. The van der Waals surface area contributed by atoms with Crippen LogP contribution in [0.15, 0.2) is 10.7 Å². The number of nitrogens with zero attached hydrogens (tertiary/aromatic N) is 3. The molecule has 0 N–H and O–H groups in total. The largest absolute Gasteiger partial charge is 0.369 e. The summed E-state index contributed by atoms with van der Waals surface area (Å²) in [6, 6.07) is 1.98. The summed E-state index contributed by atoms with van der Waals surface area (Å²) >= 11 is 3.46. The second-order valence-electron chi connectivity index (χ2n) is 5.39. The lowest BCUT2D eigenvalue weighted by Gasteiger charge is -2.42. The molecule has 1 atom stereocenters. The zero-order chi connectivity index (χ0) is 13.3. The third-order valence-corrected chi connectivity index (χ3v) is 3.34. The first-order valence-electron chi connectivity index (χ1n) is 6.36. The summed E-state index contributed by atoms with van der Waals surface area (Å²) in [4.78, 5) is 11.2. The molecule has 1 aromatic heterocycles. The van der Waals surface area contributed by atoms with E-state index in [2.05, 4.69) is 58.5 Å². The zero-order valence-corrected chi connectivity index (χ0v) is 13.0. The van der Waals surface area contributed by atoms with Crippen molar-refractivity contribution in [1.82, 2.24) is 9.97 Å². The molecule has 4 nitrogen and oxygen atoms in total. The van der Waals surface area contributed by atoms with Crippen LogP contribution >= 0.6 is 15.9 Å². The van der Waals surface area contributed by atoms with E-state index in [4.69, 9.17) is 4.74 Å². The highest BCUT2D eigenvalue weighted by Crippen LogP contribution is 2.26. The van der Waals surface area contributed by atoms with Crippen molar-refractivity contribution in [3.8, 4) is 0 Å². The van der Waals surface area contributed by atoms with Crippen LogP contribution in [0.3, 0.4) is 0 Å². The number of hydrogen-bond acceptors (Lipinski definition) is 4. The SMILES string of the molecule is CCc1nc(Br)cc(N2CC(C)OC(C)(C)C2)n1. The number of halogens is 1. The van der Waals surface area contributed by atoms with Gasteiger partial charge in [0.25, 0.3) is 0 Å². The molecule has 1 aliphatic heterocycles. The van der Waals surface area contributed by atoms with Gasteiger partial charge in [0, 0.05) is 25.6 Å². The van der Waals surface area contributed by atoms with Crippen molar-refractivity contribution in [2.24, 2.45) is 0 Å². The van der Waals surface area contributed by atoms with Crippen LogP contribution in [0.4, 0.5) is 5.82 Å². The van der Waals surface area contributed by atoms with E-state index in [1.54, 1.807) is 0 Å². The van der Waals surface area contributed by atoms with Crippen LogP contribution in [0.2, 0.25) is 0 Å². The Morgan fingerprint density at radius 1 is 1.50 bits per heavy atom. The van der Waals surface area contributed by atoms with Crippen LogP contribution in [0, 0.1) is 0 Å². The number of aromatic nitrogens is 2. The lowest BCUT2D eigenvalue weighted by atomic mass is 10.1. The lowest BCUT2D eigenvalue weighted by molar-refractivity contribution is -0.0751. The normalized spacial score (nSPS) is 23.2. The molecule has 1 aliphatic rings. The number of rotatable bonds is 2. The summed E-state index contributed by atoms with van der Waals surface area (Å²) in [5, 5.41) is 0. The molecule has 0 spiro atoms. The minimum Gasteiger partial charge on any atom is -0.369 e. The van der Waals surface area contributed by atoms with Gasteiger partial charge in [-0.3, -0.25) is 0 Å². The summed E-state index contributed by atoms with van der Waals surface area (Å²) in [6.07, 6.45) is 1.06. The minimum atomic E-state index is -0.137. The Labute approximate surface area is 117 Å². The number of aryl methyl sites for hydroxylation is 1. The highest BCUT2D eigenvalue weighted by molar-refractivity contribution is 9.10. The highest BCUT2D eigenvalue weighted by Gasteiger charge is 2.32. The van der Waals surface area contributed by atoms with Crippen LogP contribution in [-0.2, 0) is 11.2 Å². The van der Waals surface area contributed by atoms with Crippen molar-refractivity contribution in [1.29, 1.82) is 0 Å². The van der Waals surface area contributed by atoms with Gasteiger partial charge in [-0.05, 0) is 36.7 Å². The number of anilines is 1. The fourth-order valence-electron chi connectivity index (χ4n) is 2.40. The van der Waals surface area contributed by atoms with E-state index in [0.717, 1.165) is 35.8 Å². The summed E-state index contributed by atoms with van der Waals surface area (Å²) in [5.41, 5.74) is -0.137. The van der Waals surface area contributed by atoms with Gasteiger partial charge in [-0.2, -0.15) is 0 Å². The molecule has 0 radical (unpaired) electrons. The summed E-state index contributed by atoms with van der Waals surface area (Å²) in [7, 11) is 0. The Bertz CT molecular complexity index is 436. The van der Waals surface area contributed by atoms with Gasteiger partial charge < -0.3 is 9.64 Å². The van der Waals surface area contributed by atoms with Gasteiger partial charge in [-0.1, -0.05) is 6.92 Å². The molecule has 2 heterocycles. The molecule has 0 amide bonds. The topological polar surface area (TPSA) is 38.2 Å². The molecule has 1 fully saturated rings. The van der Waals surface area contributed by atoms with E-state index in [1.165, 1.54) is 0 Å². The van der Waals surface area contributed by atoms with Crippen molar-refractivity contribution in [2.45, 2.75) is 45.8 Å². The fraction of sp³-hybridized carbons (Fsp3) is 0.692. The molecular formula is C13H20BrN3O. The number of morpholine rings is 1. The van der Waals surface area contributed by atoms with Crippen LogP contribution in [-0.4, -0.2) is 34.8 Å². The Hall–Kier alpha value is -0.680. The van der Waals surface area contributed by atoms with Gasteiger partial charge in [0.1, 0.15) is 16.2 Å². The standard InChI is InChI=1S/C13H20BrN3O/c1-5-11-15-10(14)6-12(16-11)17-7-9(2)18-13(3,4)8-17/h6,9H,5,7-8H2,1-4H3. The molecule has 18 heavy (non-hydrogen) atoms. The van der Waals surface area contributed by atoms with Crippen molar-refractivity contribution < 1.29 is 4.74 Å². The summed E-state index contributed by atoms with van der Waals surface area (Å²) < 4.78 is 6.76. The first-order chi connectivity index (χ1) is 8.39. The molecular weight excluding hydrogens is 294 g/mol. The van der Waals surface area contributed by atoms with Gasteiger partial charge >= 0.3 is 0 Å². The maximum atomic E-state index is 5.92. The predicted octanol–water partition coefficient (Wildman–Crippen LogP) is 2.81. The molecule has 0 aromatic carbocycles. The van der Waals surface area contributed by atoms with E-state index in [0.29, 0.717) is 0 Å². The first kappa shape index (κ1) is 13.7. The molecule has 0 aliphatic carbocycles. The van der Waals surface area contributed by atoms with Gasteiger partial charge in [-0.25, -0.2) is 9.97 Å². The third-order valence-electron chi connectivity index (χ3n) is 2.94. The second kappa shape index (κ2) is 5.13. The van der Waals surface area contributed by atoms with Crippen LogP contribution in [0.25, 0.3) is 0 Å². The zero-order valence-electron chi connectivity index (χ0n) is 11.4. The average Bonchev–Trinajstić information content (AvgIpc) is 2.25. The molecule has 0 saturated carbocycles. The average molecular weight is 314 g/mol. The Balaban J connectivity index is 2.27. The number of hydrogen-bond donors (Lipinski definition) is 0. The molecule has 0 bridgehead atoms. The Kier molecular flexibility index (Phi) is 3.92. The van der Waals surface area contributed by atoms with Crippen molar-refractivity contribution in [2.75, 3.05) is 18.0 Å². The molecule has 5 heteroatoms. The summed E-state index contributed by atoms with van der Waals surface area (Å²) in [6.45, 7) is 10.1. The van der Waals surface area contributed by atoms with Gasteiger partial charge in [0.15, 0.2) is 0 Å². The smallest absolute Gasteiger partial charge is 0.133 e. The van der Waals surface area contributed by atoms with Crippen molar-refractivity contribution >= 4 is 21.7 Å². The summed E-state index contributed by atoms with van der Waals surface area (Å²) in [5.74, 6) is 1.85. The van der Waals surface area contributed by atoms with E-state index in [1.807, 2.05) is 6.07 Å². The maximum absolute atomic E-state index is 5.92. The van der Waals surface area contributed by atoms with Gasteiger partial charge in [0.2, 0.25) is 0 Å². The van der Waals surface area contributed by atoms with Crippen LogP contribution in [0.1, 0.15) is 33.5 Å². The van der Waals surface area contributed by atoms with Crippen molar-refractivity contribution in [3.05, 3.63) is 16.5 Å². The second-order valence-corrected chi connectivity index (χ2v) is 6.20. The quantitative estimate of drug-likeness (QED) is 0.787. The molecule has 1 unspecified atom stereocenters. The van der Waals surface area contributed by atoms with Gasteiger partial charge in [0.05, 0.1) is 11.7 Å². The van der Waals surface area contributed by atoms with Crippen LogP contribution < -0.4 is 4.90 Å². The van der Waals surface area contributed by atoms with E-state index in [-0.39, 0.29) is 11.7 Å². The number of ether oxygens (including phenoxy) is 1. The maximum Gasteiger partial charge on any atom is 0.133 e. The van der Waals surface area contributed by atoms with Gasteiger partial charge in [-0.15, -0.1) is 0 Å². The highest BCUT2D eigenvalue weighted by atomic mass is 79.9. The van der Waals surface area contributed by atoms with E-state index in [9.17, 15) is 0 Å². The molecule has 2 rings (SSSR count). The van der Waals surface area contributed by atoms with Crippen molar-refractivity contribution in [3.63, 3.8) is 0 Å². The van der Waals surface area contributed by atoms with Crippen LogP contribution in [0.5, 0.6) is 0 Å². The molecule has 1 saturated heterocycles. The third kappa shape index (κ3) is 3.20. The Morgan fingerprint density at radius 2 is 2.22 bits per heavy atom. The molecule has 100 valence electrons. The Morgan fingerprint density at radius 3 is 2.83 bits per heavy atom. The minimum absolute atomic E-state index is 0.137.